The van der Waals surface area contributed by atoms with Gasteiger partial charge >= 0.3 is 0 Å². The van der Waals surface area contributed by atoms with E-state index in [2.05, 4.69) is 14.9 Å². The summed E-state index contributed by atoms with van der Waals surface area (Å²) in [6.07, 6.45) is 8.43. The molecule has 5 heteroatoms. The maximum absolute atomic E-state index is 10.6. The number of aromatic nitrogens is 2. The van der Waals surface area contributed by atoms with E-state index in [0.29, 0.717) is 11.6 Å². The Labute approximate surface area is 107 Å². The molecule has 1 aromatic rings. The number of anilines is 2. The molecule has 3 rings (SSSR count). The molecule has 0 spiro atoms. The third-order valence-electron chi connectivity index (χ3n) is 4.45. The van der Waals surface area contributed by atoms with Gasteiger partial charge in [0.25, 0.3) is 0 Å². The standard InChI is InChI=1S/C13H20N4O/c14-11-7-15-9-16-12(11)17-6-5-13(18)4-2-1-3-10(13)8-17/h7,9-10,18H,1-6,8,14H2. The van der Waals surface area contributed by atoms with Gasteiger partial charge in [0.15, 0.2) is 5.82 Å². The quantitative estimate of drug-likeness (QED) is 0.781. The SMILES string of the molecule is Nc1cncnc1N1CCC2(O)CCCCC2C1. The first kappa shape index (κ1) is 11.7. The van der Waals surface area contributed by atoms with Crippen molar-refractivity contribution in [2.24, 2.45) is 5.92 Å². The Morgan fingerprint density at radius 3 is 3.11 bits per heavy atom. The van der Waals surface area contributed by atoms with Crippen LogP contribution in [-0.4, -0.2) is 33.8 Å². The zero-order chi connectivity index (χ0) is 12.6. The van der Waals surface area contributed by atoms with E-state index in [1.165, 1.54) is 12.7 Å². The summed E-state index contributed by atoms with van der Waals surface area (Å²) in [4.78, 5) is 10.4. The molecule has 1 aliphatic heterocycles. The second kappa shape index (κ2) is 4.39. The van der Waals surface area contributed by atoms with Crippen molar-refractivity contribution in [2.45, 2.75) is 37.7 Å². The molecule has 0 bridgehead atoms. The monoisotopic (exact) mass is 248 g/mol. The van der Waals surface area contributed by atoms with Crippen molar-refractivity contribution in [3.05, 3.63) is 12.5 Å². The number of nitrogens with two attached hydrogens (primary N) is 1. The second-order valence-electron chi connectivity index (χ2n) is 5.54. The minimum atomic E-state index is -0.448. The van der Waals surface area contributed by atoms with E-state index in [4.69, 9.17) is 5.73 Å². The summed E-state index contributed by atoms with van der Waals surface area (Å²) in [5, 5.41) is 10.6. The highest BCUT2D eigenvalue weighted by Gasteiger charge is 2.43. The number of nitrogens with zero attached hydrogens (tertiary/aromatic N) is 3. The summed E-state index contributed by atoms with van der Waals surface area (Å²) < 4.78 is 0. The fourth-order valence-electron chi connectivity index (χ4n) is 3.36. The van der Waals surface area contributed by atoms with Crippen molar-refractivity contribution in [3.8, 4) is 0 Å². The minimum absolute atomic E-state index is 0.356. The molecule has 98 valence electrons. The molecule has 5 nitrogen and oxygen atoms in total. The lowest BCUT2D eigenvalue weighted by molar-refractivity contribution is -0.0613. The Balaban J connectivity index is 1.80. The van der Waals surface area contributed by atoms with Gasteiger partial charge in [0.05, 0.1) is 17.5 Å². The van der Waals surface area contributed by atoms with Crippen LogP contribution in [0.4, 0.5) is 11.5 Å². The van der Waals surface area contributed by atoms with Crippen molar-refractivity contribution >= 4 is 11.5 Å². The molecule has 2 atom stereocenters. The predicted octanol–water partition coefficient (Wildman–Crippen LogP) is 1.19. The highest BCUT2D eigenvalue weighted by molar-refractivity contribution is 5.61. The lowest BCUT2D eigenvalue weighted by atomic mass is 9.71. The topological polar surface area (TPSA) is 75.3 Å². The number of aliphatic hydroxyl groups is 1. The zero-order valence-corrected chi connectivity index (χ0v) is 10.5. The molecule has 1 saturated heterocycles. The molecule has 2 heterocycles. The van der Waals surface area contributed by atoms with Crippen molar-refractivity contribution < 1.29 is 5.11 Å². The maximum atomic E-state index is 10.6. The summed E-state index contributed by atoms with van der Waals surface area (Å²) in [5.41, 5.74) is 6.10. The van der Waals surface area contributed by atoms with Gasteiger partial charge in [-0.15, -0.1) is 0 Å². The summed E-state index contributed by atoms with van der Waals surface area (Å²) in [6.45, 7) is 1.69. The highest BCUT2D eigenvalue weighted by atomic mass is 16.3. The van der Waals surface area contributed by atoms with Crippen molar-refractivity contribution in [1.29, 1.82) is 0 Å². The van der Waals surface area contributed by atoms with E-state index < -0.39 is 5.60 Å². The molecule has 0 aromatic carbocycles. The van der Waals surface area contributed by atoms with E-state index in [1.54, 1.807) is 6.20 Å². The molecule has 3 N–H and O–H groups in total. The molecule has 2 aliphatic rings. The molecule has 1 saturated carbocycles. The zero-order valence-electron chi connectivity index (χ0n) is 10.5. The largest absolute Gasteiger partial charge is 0.394 e. The molecule has 18 heavy (non-hydrogen) atoms. The summed E-state index contributed by atoms with van der Waals surface area (Å²) in [6, 6.07) is 0. The van der Waals surface area contributed by atoms with Gasteiger partial charge in [0.1, 0.15) is 6.33 Å². The average Bonchev–Trinajstić information content (AvgIpc) is 2.38. The number of nitrogen functional groups attached to an aromatic ring is 1. The Kier molecular flexibility index (Phi) is 2.86. The van der Waals surface area contributed by atoms with Crippen LogP contribution in [0.15, 0.2) is 12.5 Å². The van der Waals surface area contributed by atoms with Gasteiger partial charge in [-0.1, -0.05) is 12.8 Å². The van der Waals surface area contributed by atoms with Gasteiger partial charge in [-0.3, -0.25) is 0 Å². The molecule has 0 radical (unpaired) electrons. The van der Waals surface area contributed by atoms with Gasteiger partial charge in [0, 0.05) is 19.0 Å². The van der Waals surface area contributed by atoms with Crippen LogP contribution in [0.5, 0.6) is 0 Å². The Morgan fingerprint density at radius 1 is 1.39 bits per heavy atom. The lowest BCUT2D eigenvalue weighted by Gasteiger charge is -2.47. The average molecular weight is 248 g/mol. The molecule has 1 aromatic heterocycles. The first-order chi connectivity index (χ1) is 8.69. The number of hydrogen-bond acceptors (Lipinski definition) is 5. The number of hydrogen-bond donors (Lipinski definition) is 2. The van der Waals surface area contributed by atoms with Gasteiger partial charge in [-0.2, -0.15) is 0 Å². The van der Waals surface area contributed by atoms with Crippen LogP contribution < -0.4 is 10.6 Å². The predicted molar refractivity (Wildman–Crippen MR) is 70.2 cm³/mol. The Hall–Kier alpha value is -1.36. The van der Waals surface area contributed by atoms with Crippen LogP contribution >= 0.6 is 0 Å². The van der Waals surface area contributed by atoms with E-state index in [1.807, 2.05) is 0 Å². The maximum Gasteiger partial charge on any atom is 0.155 e. The summed E-state index contributed by atoms with van der Waals surface area (Å²) >= 11 is 0. The van der Waals surface area contributed by atoms with E-state index in [9.17, 15) is 5.11 Å². The Morgan fingerprint density at radius 2 is 2.28 bits per heavy atom. The molecule has 2 unspecified atom stereocenters. The van der Waals surface area contributed by atoms with Crippen molar-refractivity contribution in [3.63, 3.8) is 0 Å². The van der Waals surface area contributed by atoms with Gasteiger partial charge < -0.3 is 15.7 Å². The van der Waals surface area contributed by atoms with Gasteiger partial charge in [-0.25, -0.2) is 9.97 Å². The molecular formula is C13H20N4O. The smallest absolute Gasteiger partial charge is 0.155 e. The van der Waals surface area contributed by atoms with Gasteiger partial charge in [-0.05, 0) is 19.3 Å². The fraction of sp³-hybridized carbons (Fsp3) is 0.692. The van der Waals surface area contributed by atoms with Crippen LogP contribution in [0.1, 0.15) is 32.1 Å². The molecule has 1 aliphatic carbocycles. The van der Waals surface area contributed by atoms with Crippen LogP contribution in [0.2, 0.25) is 0 Å². The first-order valence-corrected chi connectivity index (χ1v) is 6.72. The minimum Gasteiger partial charge on any atom is -0.394 e. The summed E-state index contributed by atoms with van der Waals surface area (Å²) in [5.74, 6) is 1.17. The van der Waals surface area contributed by atoms with Crippen LogP contribution in [-0.2, 0) is 0 Å². The highest BCUT2D eigenvalue weighted by Crippen LogP contribution is 2.41. The number of fused-ring (bicyclic) bond motifs is 1. The fourth-order valence-corrected chi connectivity index (χ4v) is 3.36. The van der Waals surface area contributed by atoms with Crippen molar-refractivity contribution in [1.82, 2.24) is 9.97 Å². The van der Waals surface area contributed by atoms with E-state index >= 15 is 0 Å². The van der Waals surface area contributed by atoms with Gasteiger partial charge in [0.2, 0.25) is 0 Å². The third kappa shape index (κ3) is 1.92. The number of rotatable bonds is 1. The molecule has 0 amide bonds. The van der Waals surface area contributed by atoms with Crippen LogP contribution in [0, 0.1) is 5.92 Å². The Bertz CT molecular complexity index is 439. The normalized spacial score (nSPS) is 32.1. The van der Waals surface area contributed by atoms with E-state index in [0.717, 1.165) is 44.6 Å². The first-order valence-electron chi connectivity index (χ1n) is 6.72. The molecule has 2 fully saturated rings. The summed E-state index contributed by atoms with van der Waals surface area (Å²) in [7, 11) is 0. The number of piperidine rings is 1. The van der Waals surface area contributed by atoms with E-state index in [-0.39, 0.29) is 0 Å². The third-order valence-corrected chi connectivity index (χ3v) is 4.45. The lowest BCUT2D eigenvalue weighted by Crippen LogP contribution is -2.53. The van der Waals surface area contributed by atoms with Crippen molar-refractivity contribution in [2.75, 3.05) is 23.7 Å². The molecular weight excluding hydrogens is 228 g/mol. The van der Waals surface area contributed by atoms with Crippen LogP contribution in [0.3, 0.4) is 0 Å². The van der Waals surface area contributed by atoms with Crippen LogP contribution in [0.25, 0.3) is 0 Å². The second-order valence-corrected chi connectivity index (χ2v) is 5.54.